The summed E-state index contributed by atoms with van der Waals surface area (Å²) >= 11 is 0. The van der Waals surface area contributed by atoms with E-state index in [-0.39, 0.29) is 6.61 Å². The van der Waals surface area contributed by atoms with Crippen molar-refractivity contribution in [1.82, 2.24) is 0 Å². The fourth-order valence-electron chi connectivity index (χ4n) is 1.13. The van der Waals surface area contributed by atoms with Crippen molar-refractivity contribution in [2.24, 2.45) is 0 Å². The molecular formula is C11H12F2O3. The smallest absolute Gasteiger partial charge is 0.306 e. The largest absolute Gasteiger partial charge is 0.490 e. The minimum absolute atomic E-state index is 0.302. The molecule has 1 unspecified atom stereocenters. The molecule has 88 valence electrons. The Balaban J connectivity index is 2.50. The van der Waals surface area contributed by atoms with Gasteiger partial charge in [-0.2, -0.15) is 0 Å². The predicted molar refractivity (Wildman–Crippen MR) is 53.7 cm³/mol. The molecule has 16 heavy (non-hydrogen) atoms. The number of carboxylic acids is 1. The predicted octanol–water partition coefficient (Wildman–Crippen LogP) is 2.41. The molecule has 0 heterocycles. The molecule has 0 saturated carbocycles. The lowest BCUT2D eigenvalue weighted by atomic mass is 10.1. The van der Waals surface area contributed by atoms with Gasteiger partial charge in [-0.05, 0) is 31.2 Å². The molecule has 0 bridgehead atoms. The first kappa shape index (κ1) is 12.4. The van der Waals surface area contributed by atoms with Crippen LogP contribution in [-0.4, -0.2) is 23.4 Å². The number of carbonyl (C=O) groups is 1. The Morgan fingerprint density at radius 3 is 2.50 bits per heavy atom. The van der Waals surface area contributed by atoms with E-state index in [9.17, 15) is 13.6 Å². The van der Waals surface area contributed by atoms with Gasteiger partial charge in [-0.25, -0.2) is 8.78 Å². The summed E-state index contributed by atoms with van der Waals surface area (Å²) < 4.78 is 31.1. The van der Waals surface area contributed by atoms with E-state index in [0.29, 0.717) is 5.75 Å². The first-order valence-corrected chi connectivity index (χ1v) is 4.68. The van der Waals surface area contributed by atoms with Gasteiger partial charge in [0.25, 0.3) is 0 Å². The van der Waals surface area contributed by atoms with Gasteiger partial charge < -0.3 is 9.84 Å². The Kier molecular flexibility index (Phi) is 3.82. The van der Waals surface area contributed by atoms with Gasteiger partial charge in [-0.1, -0.05) is 0 Å². The van der Waals surface area contributed by atoms with E-state index in [2.05, 4.69) is 0 Å². The summed E-state index contributed by atoms with van der Waals surface area (Å²) in [6.45, 7) is 0.759. The summed E-state index contributed by atoms with van der Waals surface area (Å²) in [7, 11) is 0. The SMILES string of the molecule is CC(F)(COc1ccc(F)cc1)CC(=O)O. The number of carboxylic acid groups (broad SMARTS) is 1. The highest BCUT2D eigenvalue weighted by atomic mass is 19.1. The van der Waals surface area contributed by atoms with Gasteiger partial charge in [0.05, 0.1) is 6.42 Å². The molecule has 0 saturated heterocycles. The van der Waals surface area contributed by atoms with Crippen molar-refractivity contribution in [3.05, 3.63) is 30.1 Å². The summed E-state index contributed by atoms with van der Waals surface area (Å²) in [5, 5.41) is 8.44. The third kappa shape index (κ3) is 4.25. The monoisotopic (exact) mass is 230 g/mol. The van der Waals surface area contributed by atoms with Gasteiger partial charge in [0.1, 0.15) is 18.2 Å². The molecule has 0 aromatic heterocycles. The maximum absolute atomic E-state index is 13.5. The number of ether oxygens (including phenoxy) is 1. The zero-order valence-corrected chi connectivity index (χ0v) is 8.74. The van der Waals surface area contributed by atoms with E-state index in [1.54, 1.807) is 0 Å². The van der Waals surface area contributed by atoms with E-state index < -0.39 is 23.9 Å². The first-order chi connectivity index (χ1) is 7.39. The molecule has 0 spiro atoms. The van der Waals surface area contributed by atoms with Crippen LogP contribution in [0.5, 0.6) is 5.75 Å². The van der Waals surface area contributed by atoms with Crippen LogP contribution in [-0.2, 0) is 4.79 Å². The molecular weight excluding hydrogens is 218 g/mol. The molecule has 0 aliphatic rings. The van der Waals surface area contributed by atoms with Crippen LogP contribution in [0.3, 0.4) is 0 Å². The van der Waals surface area contributed by atoms with Gasteiger partial charge >= 0.3 is 5.97 Å². The third-order valence-electron chi connectivity index (χ3n) is 1.87. The Hall–Kier alpha value is -1.65. The normalized spacial score (nSPS) is 14.2. The quantitative estimate of drug-likeness (QED) is 0.844. The van der Waals surface area contributed by atoms with Crippen LogP contribution in [0.15, 0.2) is 24.3 Å². The van der Waals surface area contributed by atoms with Crippen LogP contribution in [0.1, 0.15) is 13.3 Å². The second kappa shape index (κ2) is 4.92. The molecule has 3 nitrogen and oxygen atoms in total. The van der Waals surface area contributed by atoms with E-state index in [1.165, 1.54) is 24.3 Å². The van der Waals surface area contributed by atoms with E-state index in [4.69, 9.17) is 9.84 Å². The molecule has 1 rings (SSSR count). The van der Waals surface area contributed by atoms with E-state index in [1.807, 2.05) is 0 Å². The molecule has 0 aliphatic heterocycles. The van der Waals surface area contributed by atoms with Crippen LogP contribution in [0.25, 0.3) is 0 Å². The third-order valence-corrected chi connectivity index (χ3v) is 1.87. The molecule has 0 amide bonds. The van der Waals surface area contributed by atoms with Crippen LogP contribution < -0.4 is 4.74 Å². The van der Waals surface area contributed by atoms with Gasteiger partial charge in [0.2, 0.25) is 0 Å². The van der Waals surface area contributed by atoms with Crippen molar-refractivity contribution in [3.63, 3.8) is 0 Å². The van der Waals surface area contributed by atoms with Crippen LogP contribution >= 0.6 is 0 Å². The van der Waals surface area contributed by atoms with Crippen molar-refractivity contribution in [3.8, 4) is 5.75 Å². The van der Waals surface area contributed by atoms with Crippen molar-refractivity contribution in [2.45, 2.75) is 19.0 Å². The molecule has 1 N–H and O–H groups in total. The second-order valence-corrected chi connectivity index (χ2v) is 3.73. The van der Waals surface area contributed by atoms with E-state index in [0.717, 1.165) is 6.92 Å². The fourth-order valence-corrected chi connectivity index (χ4v) is 1.13. The number of hydrogen-bond acceptors (Lipinski definition) is 2. The Morgan fingerprint density at radius 1 is 1.44 bits per heavy atom. The fraction of sp³-hybridized carbons (Fsp3) is 0.364. The van der Waals surface area contributed by atoms with Gasteiger partial charge in [-0.15, -0.1) is 0 Å². The highest BCUT2D eigenvalue weighted by Crippen LogP contribution is 2.19. The zero-order chi connectivity index (χ0) is 12.2. The van der Waals surface area contributed by atoms with Crippen molar-refractivity contribution < 1.29 is 23.4 Å². The minimum Gasteiger partial charge on any atom is -0.490 e. The Morgan fingerprint density at radius 2 is 2.00 bits per heavy atom. The number of rotatable bonds is 5. The van der Waals surface area contributed by atoms with E-state index >= 15 is 0 Å². The number of alkyl halides is 1. The van der Waals surface area contributed by atoms with Crippen LogP contribution in [0.4, 0.5) is 8.78 Å². The Bertz CT molecular complexity index is 360. The van der Waals surface area contributed by atoms with Crippen LogP contribution in [0, 0.1) is 5.82 Å². The molecule has 0 fully saturated rings. The molecule has 5 heteroatoms. The number of benzene rings is 1. The maximum Gasteiger partial charge on any atom is 0.306 e. The lowest BCUT2D eigenvalue weighted by molar-refractivity contribution is -0.140. The lowest BCUT2D eigenvalue weighted by Gasteiger charge is -2.18. The molecule has 1 aromatic carbocycles. The number of aliphatic carboxylic acids is 1. The topological polar surface area (TPSA) is 46.5 Å². The summed E-state index contributed by atoms with van der Waals surface area (Å²) in [5.74, 6) is -1.34. The summed E-state index contributed by atoms with van der Waals surface area (Å²) in [4.78, 5) is 10.3. The molecule has 1 aromatic rings. The summed E-state index contributed by atoms with van der Waals surface area (Å²) in [6.07, 6.45) is -0.631. The van der Waals surface area contributed by atoms with Gasteiger partial charge in [0, 0.05) is 0 Å². The molecule has 0 aliphatic carbocycles. The minimum atomic E-state index is -1.94. The Labute approximate surface area is 91.7 Å². The second-order valence-electron chi connectivity index (χ2n) is 3.73. The van der Waals surface area contributed by atoms with Gasteiger partial charge in [-0.3, -0.25) is 4.79 Å². The van der Waals surface area contributed by atoms with Crippen molar-refractivity contribution in [2.75, 3.05) is 6.61 Å². The summed E-state index contributed by atoms with van der Waals surface area (Å²) in [5.41, 5.74) is -1.94. The van der Waals surface area contributed by atoms with Crippen LogP contribution in [0.2, 0.25) is 0 Å². The standard InChI is InChI=1S/C11H12F2O3/c1-11(13,6-10(14)15)7-16-9-4-2-8(12)3-5-9/h2-5H,6-7H2,1H3,(H,14,15). The van der Waals surface area contributed by atoms with Crippen molar-refractivity contribution in [1.29, 1.82) is 0 Å². The number of halogens is 2. The van der Waals surface area contributed by atoms with Crippen molar-refractivity contribution >= 4 is 5.97 Å². The van der Waals surface area contributed by atoms with Gasteiger partial charge in [0.15, 0.2) is 5.67 Å². The first-order valence-electron chi connectivity index (χ1n) is 4.68. The highest BCUT2D eigenvalue weighted by Gasteiger charge is 2.27. The highest BCUT2D eigenvalue weighted by molar-refractivity contribution is 5.68. The average molecular weight is 230 g/mol. The number of hydrogen-bond donors (Lipinski definition) is 1. The average Bonchev–Trinajstić information content (AvgIpc) is 2.15. The maximum atomic E-state index is 13.5. The molecule has 1 atom stereocenters. The lowest BCUT2D eigenvalue weighted by Crippen LogP contribution is -2.30. The zero-order valence-electron chi connectivity index (χ0n) is 8.74. The summed E-state index contributed by atoms with van der Waals surface area (Å²) in [6, 6.07) is 5.07. The molecule has 0 radical (unpaired) electrons.